The van der Waals surface area contributed by atoms with Crippen LogP contribution in [0.15, 0.2) is 263 Å². The van der Waals surface area contributed by atoms with Gasteiger partial charge < -0.3 is 14.2 Å². The van der Waals surface area contributed by atoms with Crippen molar-refractivity contribution < 1.29 is 4.42 Å². The number of anilines is 6. The first kappa shape index (κ1) is 45.3. The molecule has 1 aliphatic heterocycles. The zero-order valence-corrected chi connectivity index (χ0v) is 43.9. The average molecular weight is 1010 g/mol. The lowest BCUT2D eigenvalue weighted by atomic mass is 9.82. The minimum atomic E-state index is -0.145. The van der Waals surface area contributed by atoms with Crippen LogP contribution in [0, 0.1) is 0 Å². The number of hydrogen-bond acceptors (Lipinski definition) is 4. The predicted octanol–water partition coefficient (Wildman–Crippen LogP) is 21.2. The second-order valence-electron chi connectivity index (χ2n) is 21.0. The van der Waals surface area contributed by atoms with Gasteiger partial charge in [0.1, 0.15) is 5.58 Å². The highest BCUT2D eigenvalue weighted by molar-refractivity contribution is 7.99. The van der Waals surface area contributed by atoms with Crippen LogP contribution in [-0.2, 0) is 11.8 Å². The summed E-state index contributed by atoms with van der Waals surface area (Å²) in [5.74, 6) is 0. The summed E-state index contributed by atoms with van der Waals surface area (Å²) in [5.41, 5.74) is 22.2. The summed E-state index contributed by atoms with van der Waals surface area (Å²) in [5, 5.41) is 7.30. The molecule has 366 valence electrons. The molecule has 0 amide bonds. The summed E-state index contributed by atoms with van der Waals surface area (Å²) in [6.07, 6.45) is 0.879. The molecule has 15 rings (SSSR count). The quantitative estimate of drug-likeness (QED) is 0.134. The minimum absolute atomic E-state index is 0.145. The van der Waals surface area contributed by atoms with Crippen molar-refractivity contribution in [3.05, 3.63) is 265 Å². The van der Waals surface area contributed by atoms with Crippen LogP contribution >= 0.6 is 11.8 Å². The molecular formula is C73H52N2OS. The van der Waals surface area contributed by atoms with Crippen molar-refractivity contribution in [3.63, 3.8) is 0 Å². The standard InChI is InChI=1S/C73H52N2OS/c1-4-51-54-40-37-48(75(65-33-17-13-26-53(65)47-23-9-6-10-24-47)66-34-19-30-59-57-28-14-18-35-67(57)76-72(59)66)43-61(54)58-29-20-36-68-71(58)70(51)60-42-39-50(45-69(60)77-68)74(64-32-16-12-25-52(64)46-21-7-5-8-22-46)49-38-41-56-55-27-11-15-31-62(55)73(2,3)63(56)44-49/h5-45H,4H2,1-3H3. The van der Waals surface area contributed by atoms with Crippen LogP contribution in [0.2, 0.25) is 0 Å². The van der Waals surface area contributed by atoms with Gasteiger partial charge in [-0.1, -0.05) is 215 Å². The van der Waals surface area contributed by atoms with Crippen molar-refractivity contribution in [2.75, 3.05) is 9.80 Å². The van der Waals surface area contributed by atoms with Gasteiger partial charge in [0.25, 0.3) is 0 Å². The van der Waals surface area contributed by atoms with Crippen molar-refractivity contribution in [2.45, 2.75) is 42.4 Å². The van der Waals surface area contributed by atoms with Gasteiger partial charge in [-0.25, -0.2) is 0 Å². The lowest BCUT2D eigenvalue weighted by molar-refractivity contribution is 0.660. The average Bonchev–Trinajstić information content (AvgIpc) is 3.99. The molecular weight excluding hydrogens is 953 g/mol. The van der Waals surface area contributed by atoms with E-state index >= 15 is 0 Å². The molecule has 12 aromatic carbocycles. The topological polar surface area (TPSA) is 19.6 Å². The second kappa shape index (κ2) is 17.8. The number of aryl methyl sites for hydroxylation is 1. The monoisotopic (exact) mass is 1000 g/mol. The first-order valence-electron chi connectivity index (χ1n) is 26.8. The lowest BCUT2D eigenvalue weighted by Gasteiger charge is -2.31. The zero-order chi connectivity index (χ0) is 51.4. The van der Waals surface area contributed by atoms with Gasteiger partial charge in [0.05, 0.1) is 17.1 Å². The normalized spacial score (nSPS) is 13.0. The van der Waals surface area contributed by atoms with E-state index in [-0.39, 0.29) is 5.41 Å². The van der Waals surface area contributed by atoms with E-state index in [1.54, 1.807) is 0 Å². The van der Waals surface area contributed by atoms with Crippen molar-refractivity contribution in [1.29, 1.82) is 0 Å². The van der Waals surface area contributed by atoms with Crippen LogP contribution in [0.25, 0.3) is 88.0 Å². The van der Waals surface area contributed by atoms with E-state index in [1.807, 2.05) is 11.8 Å². The predicted molar refractivity (Wildman–Crippen MR) is 325 cm³/mol. The molecule has 0 saturated heterocycles. The highest BCUT2D eigenvalue weighted by Gasteiger charge is 2.36. The Morgan fingerprint density at radius 2 is 0.948 bits per heavy atom. The molecule has 0 fully saturated rings. The Morgan fingerprint density at radius 3 is 1.70 bits per heavy atom. The van der Waals surface area contributed by atoms with Crippen molar-refractivity contribution in [1.82, 2.24) is 0 Å². The Kier molecular flexibility index (Phi) is 10.5. The van der Waals surface area contributed by atoms with Crippen LogP contribution in [0.1, 0.15) is 37.5 Å². The largest absolute Gasteiger partial charge is 0.454 e. The molecule has 0 radical (unpaired) electrons. The fraction of sp³-hybridized carbons (Fsp3) is 0.0685. The lowest BCUT2D eigenvalue weighted by Crippen LogP contribution is -2.17. The van der Waals surface area contributed by atoms with Crippen LogP contribution in [0.4, 0.5) is 34.1 Å². The fourth-order valence-electron chi connectivity index (χ4n) is 12.9. The molecule has 0 bridgehead atoms. The van der Waals surface area contributed by atoms with E-state index in [0.29, 0.717) is 0 Å². The SMILES string of the molecule is CCc1c2c3c(cccc3c3cc(N(c4ccccc4-c4ccccc4)c4cccc5c4oc4ccccc45)ccc13)Sc1cc(N(c3ccc4c(c3)C(C)(C)c3ccccc3-4)c3ccccc3-c3ccccc3)ccc1-2. The molecule has 2 heterocycles. The van der Waals surface area contributed by atoms with Crippen LogP contribution in [-0.4, -0.2) is 0 Å². The van der Waals surface area contributed by atoms with Crippen molar-refractivity contribution in [2.24, 2.45) is 0 Å². The molecule has 1 aromatic heterocycles. The van der Waals surface area contributed by atoms with Gasteiger partial charge in [0, 0.05) is 59.6 Å². The van der Waals surface area contributed by atoms with E-state index in [1.165, 1.54) is 81.4 Å². The van der Waals surface area contributed by atoms with Gasteiger partial charge in [-0.15, -0.1) is 0 Å². The number of rotatable bonds is 9. The number of fused-ring (bicyclic) bond motifs is 10. The van der Waals surface area contributed by atoms with E-state index in [9.17, 15) is 0 Å². The van der Waals surface area contributed by atoms with Gasteiger partial charge in [0.15, 0.2) is 5.58 Å². The maximum atomic E-state index is 6.82. The Morgan fingerprint density at radius 1 is 0.390 bits per heavy atom. The molecule has 2 aliphatic rings. The summed E-state index contributed by atoms with van der Waals surface area (Å²) in [6.45, 7) is 7.07. The van der Waals surface area contributed by atoms with Gasteiger partial charge in [0.2, 0.25) is 0 Å². The third kappa shape index (κ3) is 7.05. The van der Waals surface area contributed by atoms with Gasteiger partial charge in [-0.05, 0) is 139 Å². The number of nitrogens with zero attached hydrogens (tertiary/aromatic N) is 2. The third-order valence-corrected chi connectivity index (χ3v) is 17.5. The molecule has 1 aliphatic carbocycles. The van der Waals surface area contributed by atoms with Gasteiger partial charge >= 0.3 is 0 Å². The molecule has 77 heavy (non-hydrogen) atoms. The van der Waals surface area contributed by atoms with Crippen molar-refractivity contribution >= 4 is 89.4 Å². The number of para-hydroxylation sites is 4. The first-order chi connectivity index (χ1) is 37.9. The summed E-state index contributed by atoms with van der Waals surface area (Å²) in [7, 11) is 0. The summed E-state index contributed by atoms with van der Waals surface area (Å²) in [6, 6.07) is 91.5. The molecule has 3 nitrogen and oxygen atoms in total. The Hall–Kier alpha value is -9.09. The minimum Gasteiger partial charge on any atom is -0.454 e. The third-order valence-electron chi connectivity index (χ3n) is 16.4. The van der Waals surface area contributed by atoms with Crippen LogP contribution in [0.5, 0.6) is 0 Å². The molecule has 4 heteroatoms. The highest BCUT2D eigenvalue weighted by Crippen LogP contribution is 2.56. The first-order valence-corrected chi connectivity index (χ1v) is 27.6. The van der Waals surface area contributed by atoms with Crippen LogP contribution < -0.4 is 9.80 Å². The second-order valence-corrected chi connectivity index (χ2v) is 22.1. The van der Waals surface area contributed by atoms with E-state index in [0.717, 1.165) is 73.6 Å². The molecule has 0 spiro atoms. The smallest absolute Gasteiger partial charge is 0.159 e. The maximum Gasteiger partial charge on any atom is 0.159 e. The Balaban J connectivity index is 0.917. The summed E-state index contributed by atoms with van der Waals surface area (Å²) >= 11 is 1.89. The number of hydrogen-bond donors (Lipinski definition) is 0. The molecule has 0 N–H and O–H groups in total. The summed E-state index contributed by atoms with van der Waals surface area (Å²) in [4.78, 5) is 7.44. The van der Waals surface area contributed by atoms with Crippen LogP contribution in [0.3, 0.4) is 0 Å². The molecule has 0 saturated carbocycles. The van der Waals surface area contributed by atoms with E-state index in [2.05, 4.69) is 279 Å². The Bertz CT molecular complexity index is 4510. The maximum absolute atomic E-state index is 6.82. The highest BCUT2D eigenvalue weighted by atomic mass is 32.2. The van der Waals surface area contributed by atoms with Gasteiger partial charge in [-0.2, -0.15) is 0 Å². The van der Waals surface area contributed by atoms with Crippen molar-refractivity contribution in [3.8, 4) is 44.5 Å². The van der Waals surface area contributed by atoms with Gasteiger partial charge in [-0.3, -0.25) is 0 Å². The van der Waals surface area contributed by atoms with E-state index < -0.39 is 0 Å². The molecule has 13 aromatic rings. The number of furan rings is 1. The fourth-order valence-corrected chi connectivity index (χ4v) is 14.1. The number of benzene rings is 12. The zero-order valence-electron chi connectivity index (χ0n) is 43.1. The summed E-state index contributed by atoms with van der Waals surface area (Å²) < 4.78 is 6.82. The molecule has 0 unspecified atom stereocenters. The Labute approximate surface area is 453 Å². The van der Waals surface area contributed by atoms with E-state index in [4.69, 9.17) is 4.42 Å². The molecule has 0 atom stereocenters.